The summed E-state index contributed by atoms with van der Waals surface area (Å²) in [4.78, 5) is 12.1. The Bertz CT molecular complexity index is 694. The van der Waals surface area contributed by atoms with E-state index in [4.69, 9.17) is 17.5 Å². The number of carbonyl (C=O) groups excluding carboxylic acids is 1. The highest BCUT2D eigenvalue weighted by atomic mass is 32.3. The summed E-state index contributed by atoms with van der Waals surface area (Å²) in [6, 6.07) is 15.7. The third kappa shape index (κ3) is 3.51. The van der Waals surface area contributed by atoms with E-state index in [-0.39, 0.29) is 5.78 Å². The van der Waals surface area contributed by atoms with Gasteiger partial charge >= 0.3 is 0 Å². The van der Waals surface area contributed by atoms with E-state index in [1.54, 1.807) is 0 Å². The van der Waals surface area contributed by atoms with Gasteiger partial charge in [-0.2, -0.15) is 0 Å². The summed E-state index contributed by atoms with van der Waals surface area (Å²) in [6.07, 6.45) is 0.873. The summed E-state index contributed by atoms with van der Waals surface area (Å²) in [7, 11) is -5.17. The molecular formula is C14H10O5S-2. The lowest BCUT2D eigenvalue weighted by Crippen LogP contribution is -2.14. The van der Waals surface area contributed by atoms with Crippen molar-refractivity contribution in [2.75, 3.05) is 0 Å². The van der Waals surface area contributed by atoms with Crippen molar-refractivity contribution in [1.29, 1.82) is 0 Å². The van der Waals surface area contributed by atoms with Crippen LogP contribution in [0.1, 0.15) is 27.0 Å². The Morgan fingerprint density at radius 1 is 0.800 bits per heavy atom. The standard InChI is InChI=1S/C14H10O.H2O4S/c15-14-12-7-3-1-5-10(12)9-11-6-2-4-8-13(11)14;1-5(2,3)4/h1-8H,9H2;(H2,1,2,3,4)/p-2. The normalized spacial score (nSPS) is 12.8. The van der Waals surface area contributed by atoms with Crippen LogP contribution < -0.4 is 0 Å². The first-order valence-electron chi connectivity index (χ1n) is 5.73. The summed E-state index contributed by atoms with van der Waals surface area (Å²) < 4.78 is 34.1. The number of hydrogen-bond acceptors (Lipinski definition) is 5. The highest BCUT2D eigenvalue weighted by Gasteiger charge is 2.21. The molecule has 1 aliphatic rings. The van der Waals surface area contributed by atoms with E-state index in [9.17, 15) is 4.79 Å². The van der Waals surface area contributed by atoms with Gasteiger partial charge in [0, 0.05) is 21.5 Å². The number of fused-ring (bicyclic) bond motifs is 2. The molecule has 1 aliphatic carbocycles. The molecule has 0 saturated heterocycles. The summed E-state index contributed by atoms with van der Waals surface area (Å²) in [5, 5.41) is 0. The van der Waals surface area contributed by atoms with Crippen molar-refractivity contribution in [1.82, 2.24) is 0 Å². The summed E-state index contributed by atoms with van der Waals surface area (Å²) in [5.41, 5.74) is 4.00. The molecule has 0 radical (unpaired) electrons. The molecule has 0 unspecified atom stereocenters. The van der Waals surface area contributed by atoms with Gasteiger partial charge in [0.05, 0.1) is 0 Å². The zero-order valence-corrected chi connectivity index (χ0v) is 11.1. The van der Waals surface area contributed by atoms with E-state index in [0.717, 1.165) is 28.7 Å². The van der Waals surface area contributed by atoms with Crippen LogP contribution in [0.25, 0.3) is 0 Å². The number of rotatable bonds is 0. The van der Waals surface area contributed by atoms with Crippen LogP contribution in [-0.2, 0) is 16.8 Å². The van der Waals surface area contributed by atoms with Gasteiger partial charge in [-0.25, -0.2) is 0 Å². The molecule has 0 heterocycles. The Hall–Kier alpha value is -2.02. The summed E-state index contributed by atoms with van der Waals surface area (Å²) in [5.74, 6) is 0.160. The molecule has 0 spiro atoms. The van der Waals surface area contributed by atoms with Crippen LogP contribution in [0.5, 0.6) is 0 Å². The largest absolute Gasteiger partial charge is 0.759 e. The molecule has 20 heavy (non-hydrogen) atoms. The van der Waals surface area contributed by atoms with E-state index < -0.39 is 10.4 Å². The van der Waals surface area contributed by atoms with Crippen LogP contribution in [0, 0.1) is 0 Å². The molecule has 0 saturated carbocycles. The first-order chi connectivity index (χ1) is 9.36. The molecule has 3 rings (SSSR count). The molecule has 0 aliphatic heterocycles. The van der Waals surface area contributed by atoms with Gasteiger partial charge in [-0.05, 0) is 17.5 Å². The average Bonchev–Trinajstić information content (AvgIpc) is 2.37. The smallest absolute Gasteiger partial charge is 0.193 e. The SMILES string of the molecule is O=C1c2ccccc2Cc2ccccc21.O=S(=O)([O-])[O-]. The van der Waals surface area contributed by atoms with Gasteiger partial charge in [0.15, 0.2) is 5.78 Å². The van der Waals surface area contributed by atoms with Gasteiger partial charge in [-0.1, -0.05) is 48.5 Å². The fourth-order valence-electron chi connectivity index (χ4n) is 2.14. The van der Waals surface area contributed by atoms with Gasteiger partial charge in [-0.3, -0.25) is 13.2 Å². The maximum absolute atomic E-state index is 12.1. The monoisotopic (exact) mass is 290 g/mol. The predicted molar refractivity (Wildman–Crippen MR) is 69.6 cm³/mol. The second-order valence-electron chi connectivity index (χ2n) is 4.23. The molecule has 0 fully saturated rings. The summed E-state index contributed by atoms with van der Waals surface area (Å²) >= 11 is 0. The van der Waals surface area contributed by atoms with Crippen LogP contribution in [0.2, 0.25) is 0 Å². The van der Waals surface area contributed by atoms with Gasteiger partial charge in [0.25, 0.3) is 0 Å². The molecule has 2 aromatic carbocycles. The average molecular weight is 290 g/mol. The molecule has 0 N–H and O–H groups in total. The minimum atomic E-state index is -5.17. The second-order valence-corrected chi connectivity index (χ2v) is 5.04. The Morgan fingerprint density at radius 3 is 1.55 bits per heavy atom. The second kappa shape index (κ2) is 5.54. The highest BCUT2D eigenvalue weighted by Crippen LogP contribution is 2.26. The zero-order valence-electron chi connectivity index (χ0n) is 10.3. The van der Waals surface area contributed by atoms with Crippen molar-refractivity contribution in [3.63, 3.8) is 0 Å². The molecule has 0 amide bonds. The fraction of sp³-hybridized carbons (Fsp3) is 0.0714. The van der Waals surface area contributed by atoms with Gasteiger partial charge in [0.1, 0.15) is 0 Å². The van der Waals surface area contributed by atoms with E-state index in [0.29, 0.717) is 0 Å². The van der Waals surface area contributed by atoms with Gasteiger partial charge in [-0.15, -0.1) is 0 Å². The highest BCUT2D eigenvalue weighted by molar-refractivity contribution is 7.79. The minimum absolute atomic E-state index is 0.160. The third-order valence-corrected chi connectivity index (χ3v) is 2.90. The van der Waals surface area contributed by atoms with Crippen LogP contribution in [0.4, 0.5) is 0 Å². The Balaban J connectivity index is 0.000000257. The van der Waals surface area contributed by atoms with Gasteiger partial charge in [0.2, 0.25) is 0 Å². The molecule has 6 heteroatoms. The Kier molecular flexibility index (Phi) is 3.99. The first kappa shape index (κ1) is 14.4. The third-order valence-electron chi connectivity index (χ3n) is 2.90. The molecular weight excluding hydrogens is 280 g/mol. The van der Waals surface area contributed by atoms with Crippen molar-refractivity contribution in [2.45, 2.75) is 6.42 Å². The number of carbonyl (C=O) groups is 1. The van der Waals surface area contributed by atoms with Gasteiger partial charge < -0.3 is 9.11 Å². The fourth-order valence-corrected chi connectivity index (χ4v) is 2.14. The van der Waals surface area contributed by atoms with Crippen LogP contribution in [0.15, 0.2) is 48.5 Å². The topological polar surface area (TPSA) is 97.3 Å². The van der Waals surface area contributed by atoms with Crippen LogP contribution in [0.3, 0.4) is 0 Å². The van der Waals surface area contributed by atoms with Crippen molar-refractivity contribution in [2.24, 2.45) is 0 Å². The lowest BCUT2D eigenvalue weighted by atomic mass is 9.85. The van der Waals surface area contributed by atoms with Crippen LogP contribution >= 0.6 is 0 Å². The Morgan fingerprint density at radius 2 is 1.15 bits per heavy atom. The quantitative estimate of drug-likeness (QED) is 0.461. The van der Waals surface area contributed by atoms with Crippen molar-refractivity contribution in [3.8, 4) is 0 Å². The number of hydrogen-bond donors (Lipinski definition) is 0. The van der Waals surface area contributed by atoms with E-state index >= 15 is 0 Å². The first-order valence-corrected chi connectivity index (χ1v) is 7.07. The minimum Gasteiger partial charge on any atom is -0.759 e. The van der Waals surface area contributed by atoms with E-state index in [1.165, 1.54) is 0 Å². The maximum atomic E-state index is 12.1. The number of benzene rings is 2. The zero-order chi connectivity index (χ0) is 14.8. The Labute approximate surface area is 116 Å². The van der Waals surface area contributed by atoms with Crippen molar-refractivity contribution in [3.05, 3.63) is 70.8 Å². The predicted octanol–water partition coefficient (Wildman–Crippen LogP) is 1.48. The molecule has 2 aromatic rings. The van der Waals surface area contributed by atoms with E-state index in [2.05, 4.69) is 0 Å². The molecule has 0 atom stereocenters. The lowest BCUT2D eigenvalue weighted by Gasteiger charge is -2.17. The summed E-state index contributed by atoms with van der Waals surface area (Å²) in [6.45, 7) is 0. The lowest BCUT2D eigenvalue weighted by molar-refractivity contribution is 0.103. The number of ketones is 1. The molecule has 104 valence electrons. The maximum Gasteiger partial charge on any atom is 0.193 e. The van der Waals surface area contributed by atoms with E-state index in [1.807, 2.05) is 48.5 Å². The van der Waals surface area contributed by atoms with Crippen molar-refractivity contribution >= 4 is 16.2 Å². The van der Waals surface area contributed by atoms with Crippen LogP contribution in [-0.4, -0.2) is 23.3 Å². The molecule has 5 nitrogen and oxygen atoms in total. The molecule has 0 bridgehead atoms. The molecule has 0 aromatic heterocycles. The van der Waals surface area contributed by atoms with Crippen molar-refractivity contribution < 1.29 is 22.3 Å².